The summed E-state index contributed by atoms with van der Waals surface area (Å²) in [7, 11) is 1.64. The van der Waals surface area contributed by atoms with Crippen LogP contribution in [0.3, 0.4) is 0 Å². The zero-order chi connectivity index (χ0) is 22.2. The third kappa shape index (κ3) is 6.48. The van der Waals surface area contributed by atoms with Gasteiger partial charge in [0.15, 0.2) is 5.11 Å². The van der Waals surface area contributed by atoms with Gasteiger partial charge in [-0.25, -0.2) is 15.0 Å². The van der Waals surface area contributed by atoms with Gasteiger partial charge in [-0.15, -0.1) is 0 Å². The lowest BCUT2D eigenvalue weighted by atomic mass is 10.2. The Labute approximate surface area is 188 Å². The molecule has 1 aromatic heterocycles. The average Bonchev–Trinajstić information content (AvgIpc) is 2.73. The Kier molecular flexibility index (Phi) is 7.50. The van der Waals surface area contributed by atoms with Crippen molar-refractivity contribution in [3.8, 4) is 5.75 Å². The number of nitrogens with one attached hydrogen (secondary N) is 3. The van der Waals surface area contributed by atoms with E-state index in [0.29, 0.717) is 23.6 Å². The molecule has 0 radical (unpaired) electrons. The fourth-order valence-electron chi connectivity index (χ4n) is 2.97. The molecule has 0 saturated heterocycles. The van der Waals surface area contributed by atoms with Crippen LogP contribution in [0, 0.1) is 20.8 Å². The van der Waals surface area contributed by atoms with Crippen LogP contribution in [0.25, 0.3) is 0 Å². The molecule has 0 unspecified atom stereocenters. The molecule has 0 aliphatic rings. The second-order valence-electron chi connectivity index (χ2n) is 6.97. The lowest BCUT2D eigenvalue weighted by molar-refractivity contribution is 0.410. The van der Waals surface area contributed by atoms with Gasteiger partial charge in [-0.05, 0) is 56.8 Å². The van der Waals surface area contributed by atoms with E-state index in [9.17, 15) is 0 Å². The van der Waals surface area contributed by atoms with Gasteiger partial charge in [0, 0.05) is 22.6 Å². The molecule has 0 atom stereocenters. The van der Waals surface area contributed by atoms with Gasteiger partial charge >= 0.3 is 0 Å². The number of aryl methyl sites for hydroxylation is 3. The monoisotopic (exact) mass is 434 g/mol. The lowest BCUT2D eigenvalue weighted by Crippen LogP contribution is -2.39. The molecule has 3 aromatic rings. The highest BCUT2D eigenvalue weighted by Crippen LogP contribution is 2.18. The number of anilines is 2. The predicted molar refractivity (Wildman–Crippen MR) is 130 cm³/mol. The van der Waals surface area contributed by atoms with Crippen LogP contribution >= 0.6 is 12.2 Å². The molecule has 0 saturated carbocycles. The van der Waals surface area contributed by atoms with E-state index in [1.807, 2.05) is 75.4 Å². The topological polar surface area (TPSA) is 83.5 Å². The first kappa shape index (κ1) is 22.2. The van der Waals surface area contributed by atoms with Gasteiger partial charge in [-0.2, -0.15) is 0 Å². The van der Waals surface area contributed by atoms with Gasteiger partial charge in [-0.3, -0.25) is 5.32 Å². The molecule has 3 N–H and O–H groups in total. The second-order valence-corrected chi connectivity index (χ2v) is 7.38. The number of para-hydroxylation sites is 2. The van der Waals surface area contributed by atoms with Crippen molar-refractivity contribution in [3.05, 3.63) is 77.1 Å². The molecule has 0 fully saturated rings. The highest BCUT2D eigenvalue weighted by molar-refractivity contribution is 7.80. The molecule has 0 bridgehead atoms. The van der Waals surface area contributed by atoms with Gasteiger partial charge < -0.3 is 15.4 Å². The van der Waals surface area contributed by atoms with Crippen molar-refractivity contribution in [2.24, 2.45) is 4.99 Å². The molecule has 0 spiro atoms. The molecule has 31 heavy (non-hydrogen) atoms. The lowest BCUT2D eigenvalue weighted by Gasteiger charge is -2.15. The Morgan fingerprint density at radius 3 is 2.35 bits per heavy atom. The van der Waals surface area contributed by atoms with Gasteiger partial charge in [0.1, 0.15) is 5.75 Å². The minimum Gasteiger partial charge on any atom is -0.496 e. The summed E-state index contributed by atoms with van der Waals surface area (Å²) in [5.74, 6) is 1.65. The van der Waals surface area contributed by atoms with Crippen LogP contribution in [0.5, 0.6) is 5.75 Å². The predicted octanol–water partition coefficient (Wildman–Crippen LogP) is 4.37. The molecular weight excluding hydrogens is 408 g/mol. The summed E-state index contributed by atoms with van der Waals surface area (Å²) in [6.07, 6.45) is 0. The summed E-state index contributed by atoms with van der Waals surface area (Å²) in [6.45, 7) is 6.24. The Bertz CT molecular complexity index is 1080. The number of benzene rings is 2. The summed E-state index contributed by atoms with van der Waals surface area (Å²) in [5, 5.41) is 9.89. The summed E-state index contributed by atoms with van der Waals surface area (Å²) < 4.78 is 5.43. The molecule has 0 amide bonds. The Morgan fingerprint density at radius 1 is 0.968 bits per heavy atom. The summed E-state index contributed by atoms with van der Waals surface area (Å²) in [6, 6.07) is 17.6. The molecule has 7 nitrogen and oxygen atoms in total. The van der Waals surface area contributed by atoms with E-state index in [1.165, 1.54) is 0 Å². The standard InChI is InChI=1S/C23H26N6OS/c1-15-9-5-7-11-19(15)27-23(31)29-21(28-22-25-16(2)13-17(3)26-22)24-14-18-10-6-8-12-20(18)30-4/h5-13H,14H2,1-4H3,(H3,24,25,26,27,28,29,31). The number of aromatic nitrogens is 2. The van der Waals surface area contributed by atoms with E-state index in [4.69, 9.17) is 17.0 Å². The number of thiocarbonyl (C=S) groups is 1. The zero-order valence-electron chi connectivity index (χ0n) is 18.1. The fraction of sp³-hybridized carbons (Fsp3) is 0.217. The van der Waals surface area contributed by atoms with Crippen LogP contribution in [-0.4, -0.2) is 28.1 Å². The maximum atomic E-state index is 5.51. The number of guanidine groups is 1. The van der Waals surface area contributed by atoms with Crippen LogP contribution in [-0.2, 0) is 6.54 Å². The minimum absolute atomic E-state index is 0.386. The maximum absolute atomic E-state index is 5.51. The van der Waals surface area contributed by atoms with Crippen LogP contribution in [0.1, 0.15) is 22.5 Å². The molecule has 2 aromatic carbocycles. The fourth-order valence-corrected chi connectivity index (χ4v) is 3.18. The first-order valence-corrected chi connectivity index (χ1v) is 10.2. The number of ether oxygens (including phenoxy) is 1. The summed E-state index contributed by atoms with van der Waals surface area (Å²) in [5.41, 5.74) is 4.68. The molecule has 8 heteroatoms. The van der Waals surface area contributed by atoms with E-state index in [2.05, 4.69) is 30.9 Å². The highest BCUT2D eigenvalue weighted by atomic mass is 32.1. The number of methoxy groups -OCH3 is 1. The van der Waals surface area contributed by atoms with E-state index < -0.39 is 0 Å². The molecule has 160 valence electrons. The van der Waals surface area contributed by atoms with Crippen molar-refractivity contribution in [1.82, 2.24) is 15.3 Å². The van der Waals surface area contributed by atoms with Crippen LogP contribution < -0.4 is 20.7 Å². The minimum atomic E-state index is 0.386. The van der Waals surface area contributed by atoms with Crippen LogP contribution in [0.15, 0.2) is 59.6 Å². The van der Waals surface area contributed by atoms with Gasteiger partial charge in [0.2, 0.25) is 11.9 Å². The van der Waals surface area contributed by atoms with Crippen molar-refractivity contribution in [3.63, 3.8) is 0 Å². The second kappa shape index (κ2) is 10.5. The van der Waals surface area contributed by atoms with Crippen molar-refractivity contribution in [2.75, 3.05) is 17.7 Å². The maximum Gasteiger partial charge on any atom is 0.229 e. The van der Waals surface area contributed by atoms with E-state index in [1.54, 1.807) is 7.11 Å². The zero-order valence-corrected chi connectivity index (χ0v) is 18.9. The first-order valence-electron chi connectivity index (χ1n) is 9.84. The smallest absolute Gasteiger partial charge is 0.229 e. The molecular formula is C23H26N6OS. The van der Waals surface area contributed by atoms with Crippen molar-refractivity contribution in [2.45, 2.75) is 27.3 Å². The van der Waals surface area contributed by atoms with E-state index in [-0.39, 0.29) is 0 Å². The average molecular weight is 435 g/mol. The number of aliphatic imine (C=N–C) groups is 1. The van der Waals surface area contributed by atoms with Gasteiger partial charge in [0.25, 0.3) is 0 Å². The normalized spacial score (nSPS) is 11.0. The number of rotatable bonds is 5. The van der Waals surface area contributed by atoms with E-state index >= 15 is 0 Å². The summed E-state index contributed by atoms with van der Waals surface area (Å²) >= 11 is 5.51. The van der Waals surface area contributed by atoms with Crippen molar-refractivity contribution in [1.29, 1.82) is 0 Å². The van der Waals surface area contributed by atoms with E-state index in [0.717, 1.165) is 34.0 Å². The molecule has 0 aliphatic carbocycles. The molecule has 3 rings (SSSR count). The van der Waals surface area contributed by atoms with Gasteiger partial charge in [-0.1, -0.05) is 36.4 Å². The van der Waals surface area contributed by atoms with Crippen molar-refractivity contribution >= 4 is 34.9 Å². The third-order valence-corrected chi connectivity index (χ3v) is 4.64. The third-order valence-electron chi connectivity index (χ3n) is 4.44. The van der Waals surface area contributed by atoms with Crippen molar-refractivity contribution < 1.29 is 4.74 Å². The largest absolute Gasteiger partial charge is 0.496 e. The van der Waals surface area contributed by atoms with Crippen LogP contribution in [0.4, 0.5) is 11.6 Å². The number of hydrogen-bond donors (Lipinski definition) is 3. The molecule has 1 heterocycles. The Balaban J connectivity index is 1.82. The Morgan fingerprint density at radius 2 is 1.65 bits per heavy atom. The first-order chi connectivity index (χ1) is 14.9. The summed E-state index contributed by atoms with van der Waals surface area (Å²) in [4.78, 5) is 13.5. The van der Waals surface area contributed by atoms with Gasteiger partial charge in [0.05, 0.1) is 13.7 Å². The highest BCUT2D eigenvalue weighted by Gasteiger charge is 2.09. The molecule has 0 aliphatic heterocycles. The number of nitrogens with zero attached hydrogens (tertiary/aromatic N) is 3. The Hall–Kier alpha value is -3.52. The number of hydrogen-bond acceptors (Lipinski definition) is 5. The SMILES string of the molecule is COc1ccccc1CN=C(NC(=S)Nc1ccccc1C)Nc1nc(C)cc(C)n1. The van der Waals surface area contributed by atoms with Crippen LogP contribution in [0.2, 0.25) is 0 Å². The quantitative estimate of drug-likeness (QED) is 0.312.